The van der Waals surface area contributed by atoms with Crippen molar-refractivity contribution in [2.75, 3.05) is 13.1 Å². The molecular weight excluding hydrogens is 442 g/mol. The third-order valence-electron chi connectivity index (χ3n) is 5.24. The van der Waals surface area contributed by atoms with Crippen molar-refractivity contribution < 1.29 is 14.7 Å². The van der Waals surface area contributed by atoms with Gasteiger partial charge >= 0.3 is 0 Å². The van der Waals surface area contributed by atoms with Crippen molar-refractivity contribution in [2.45, 2.75) is 6.42 Å². The summed E-state index contributed by atoms with van der Waals surface area (Å²) in [6, 6.07) is 21.2. The molecule has 1 aliphatic heterocycles. The number of amides is 1. The summed E-state index contributed by atoms with van der Waals surface area (Å²) in [6.07, 6.45) is 2.76. The highest BCUT2D eigenvalue weighted by atomic mass is 79.9. The van der Waals surface area contributed by atoms with Crippen molar-refractivity contribution in [3.63, 3.8) is 0 Å². The SMILES string of the molecule is O=C(c1ccc(Br)cc1)c1ccccc1C(=O)N1CC=C(c2ccc(O)cc2)CC1. The number of halogens is 1. The fourth-order valence-electron chi connectivity index (χ4n) is 3.59. The summed E-state index contributed by atoms with van der Waals surface area (Å²) in [5.74, 6) is -0.0696. The van der Waals surface area contributed by atoms with Crippen LogP contribution in [0, 0.1) is 0 Å². The van der Waals surface area contributed by atoms with Crippen LogP contribution in [0.25, 0.3) is 5.57 Å². The maximum atomic E-state index is 13.2. The van der Waals surface area contributed by atoms with Gasteiger partial charge < -0.3 is 10.0 Å². The smallest absolute Gasteiger partial charge is 0.254 e. The molecule has 0 radical (unpaired) electrons. The Hall–Kier alpha value is -3.18. The molecule has 0 unspecified atom stereocenters. The molecule has 3 aromatic rings. The van der Waals surface area contributed by atoms with E-state index < -0.39 is 0 Å². The second-order valence-corrected chi connectivity index (χ2v) is 8.07. The van der Waals surface area contributed by atoms with Gasteiger partial charge in [-0.3, -0.25) is 9.59 Å². The molecule has 5 heteroatoms. The first-order valence-electron chi connectivity index (χ1n) is 9.70. The molecule has 1 heterocycles. The maximum Gasteiger partial charge on any atom is 0.254 e. The molecular formula is C25H20BrNO3. The number of rotatable bonds is 4. The van der Waals surface area contributed by atoms with Crippen LogP contribution in [0.5, 0.6) is 5.75 Å². The average Bonchev–Trinajstić information content (AvgIpc) is 2.79. The van der Waals surface area contributed by atoms with Crippen LogP contribution < -0.4 is 0 Å². The van der Waals surface area contributed by atoms with Gasteiger partial charge in [-0.25, -0.2) is 0 Å². The third-order valence-corrected chi connectivity index (χ3v) is 5.77. The van der Waals surface area contributed by atoms with Crippen LogP contribution in [-0.2, 0) is 0 Å². The Morgan fingerprint density at radius 2 is 1.53 bits per heavy atom. The van der Waals surface area contributed by atoms with Gasteiger partial charge in [-0.15, -0.1) is 0 Å². The molecule has 0 saturated heterocycles. The van der Waals surface area contributed by atoms with Gasteiger partial charge in [0.15, 0.2) is 5.78 Å². The monoisotopic (exact) mass is 461 g/mol. The van der Waals surface area contributed by atoms with E-state index in [9.17, 15) is 14.7 Å². The Morgan fingerprint density at radius 3 is 2.17 bits per heavy atom. The van der Waals surface area contributed by atoms with Gasteiger partial charge in [0.1, 0.15) is 5.75 Å². The molecule has 1 aliphatic rings. The van der Waals surface area contributed by atoms with Crippen molar-refractivity contribution in [1.82, 2.24) is 4.90 Å². The number of carbonyl (C=O) groups is 2. The van der Waals surface area contributed by atoms with Gasteiger partial charge in [-0.2, -0.15) is 0 Å². The number of hydrogen-bond acceptors (Lipinski definition) is 3. The van der Waals surface area contributed by atoms with E-state index in [1.165, 1.54) is 0 Å². The predicted octanol–water partition coefficient (Wildman–Crippen LogP) is 5.32. The van der Waals surface area contributed by atoms with E-state index >= 15 is 0 Å². The maximum absolute atomic E-state index is 13.2. The highest BCUT2D eigenvalue weighted by molar-refractivity contribution is 9.10. The summed E-state index contributed by atoms with van der Waals surface area (Å²) in [5.41, 5.74) is 3.58. The van der Waals surface area contributed by atoms with Gasteiger partial charge in [0.2, 0.25) is 0 Å². The number of ketones is 1. The zero-order chi connectivity index (χ0) is 21.1. The van der Waals surface area contributed by atoms with Gasteiger partial charge in [-0.1, -0.05) is 52.3 Å². The zero-order valence-corrected chi connectivity index (χ0v) is 17.8. The standard InChI is InChI=1S/C25H20BrNO3/c26-20-9-5-19(6-10-20)24(29)22-3-1-2-4-23(22)25(30)27-15-13-18(14-16-27)17-7-11-21(28)12-8-17/h1-13,28H,14-16H2. The van der Waals surface area contributed by atoms with E-state index in [-0.39, 0.29) is 17.4 Å². The van der Waals surface area contributed by atoms with E-state index in [4.69, 9.17) is 0 Å². The highest BCUT2D eigenvalue weighted by Gasteiger charge is 2.24. The summed E-state index contributed by atoms with van der Waals surface area (Å²) in [7, 11) is 0. The Balaban J connectivity index is 1.55. The van der Waals surface area contributed by atoms with Crippen molar-refractivity contribution in [3.8, 4) is 5.75 Å². The van der Waals surface area contributed by atoms with E-state index in [2.05, 4.69) is 15.9 Å². The first-order chi connectivity index (χ1) is 14.5. The van der Waals surface area contributed by atoms with Crippen LogP contribution in [0.1, 0.15) is 38.3 Å². The van der Waals surface area contributed by atoms with E-state index in [0.29, 0.717) is 29.8 Å². The predicted molar refractivity (Wildman–Crippen MR) is 121 cm³/mol. The number of hydrogen-bond donors (Lipinski definition) is 1. The van der Waals surface area contributed by atoms with E-state index in [1.807, 2.05) is 30.3 Å². The fourth-order valence-corrected chi connectivity index (χ4v) is 3.85. The molecule has 30 heavy (non-hydrogen) atoms. The minimum atomic E-state index is -0.163. The summed E-state index contributed by atoms with van der Waals surface area (Å²) in [6.45, 7) is 1.06. The molecule has 1 N–H and O–H groups in total. The van der Waals surface area contributed by atoms with Crippen molar-refractivity contribution in [1.29, 1.82) is 0 Å². The zero-order valence-electron chi connectivity index (χ0n) is 16.2. The second kappa shape index (κ2) is 8.67. The molecule has 0 fully saturated rings. The van der Waals surface area contributed by atoms with Crippen LogP contribution in [0.2, 0.25) is 0 Å². The number of nitrogens with zero attached hydrogens (tertiary/aromatic N) is 1. The minimum absolute atomic E-state index is 0.142. The lowest BCUT2D eigenvalue weighted by molar-refractivity contribution is 0.0768. The van der Waals surface area contributed by atoms with Crippen LogP contribution in [-0.4, -0.2) is 34.8 Å². The van der Waals surface area contributed by atoms with Crippen LogP contribution in [0.15, 0.2) is 83.3 Å². The largest absolute Gasteiger partial charge is 0.508 e. The molecule has 0 saturated carbocycles. The lowest BCUT2D eigenvalue weighted by Gasteiger charge is -2.27. The fraction of sp³-hybridized carbons (Fsp3) is 0.120. The summed E-state index contributed by atoms with van der Waals surface area (Å²) in [4.78, 5) is 28.0. The molecule has 3 aromatic carbocycles. The third kappa shape index (κ3) is 4.21. The van der Waals surface area contributed by atoms with Crippen LogP contribution in [0.3, 0.4) is 0 Å². The summed E-state index contributed by atoms with van der Waals surface area (Å²) >= 11 is 3.38. The van der Waals surface area contributed by atoms with Crippen molar-refractivity contribution >= 4 is 33.2 Å². The molecule has 150 valence electrons. The molecule has 4 rings (SSSR count). The van der Waals surface area contributed by atoms with Gasteiger partial charge in [-0.05, 0) is 60.0 Å². The Kier molecular flexibility index (Phi) is 5.81. The molecule has 4 nitrogen and oxygen atoms in total. The molecule has 0 atom stereocenters. The molecule has 0 aliphatic carbocycles. The Morgan fingerprint density at radius 1 is 0.867 bits per heavy atom. The second-order valence-electron chi connectivity index (χ2n) is 7.16. The number of phenolic OH excluding ortho intramolecular Hbond substituents is 1. The lowest BCUT2D eigenvalue weighted by Crippen LogP contribution is -2.35. The Bertz CT molecular complexity index is 1120. The highest BCUT2D eigenvalue weighted by Crippen LogP contribution is 2.26. The molecule has 0 spiro atoms. The quantitative estimate of drug-likeness (QED) is 0.535. The summed E-state index contributed by atoms with van der Waals surface area (Å²) in [5, 5.41) is 9.46. The van der Waals surface area contributed by atoms with Gasteiger partial charge in [0.25, 0.3) is 5.91 Å². The van der Waals surface area contributed by atoms with E-state index in [1.54, 1.807) is 53.4 Å². The van der Waals surface area contributed by atoms with Crippen LogP contribution in [0.4, 0.5) is 0 Å². The first kappa shape index (κ1) is 20.1. The summed E-state index contributed by atoms with van der Waals surface area (Å²) < 4.78 is 0.896. The molecule has 0 aromatic heterocycles. The van der Waals surface area contributed by atoms with Gasteiger partial charge in [0, 0.05) is 28.7 Å². The molecule has 0 bridgehead atoms. The Labute approximate surface area is 183 Å². The number of aromatic hydroxyl groups is 1. The minimum Gasteiger partial charge on any atom is -0.508 e. The first-order valence-corrected chi connectivity index (χ1v) is 10.5. The normalized spacial score (nSPS) is 13.6. The van der Waals surface area contributed by atoms with Crippen LogP contribution >= 0.6 is 15.9 Å². The number of carbonyl (C=O) groups excluding carboxylic acids is 2. The molecule has 1 amide bonds. The average molecular weight is 462 g/mol. The lowest BCUT2D eigenvalue weighted by atomic mass is 9.96. The van der Waals surface area contributed by atoms with E-state index in [0.717, 1.165) is 22.0 Å². The topological polar surface area (TPSA) is 57.6 Å². The van der Waals surface area contributed by atoms with Crippen molar-refractivity contribution in [2.24, 2.45) is 0 Å². The van der Waals surface area contributed by atoms with Crippen molar-refractivity contribution in [3.05, 3.63) is 106 Å². The van der Waals surface area contributed by atoms with Gasteiger partial charge in [0.05, 0.1) is 5.56 Å². The number of phenols is 1. The number of benzene rings is 3.